The van der Waals surface area contributed by atoms with Crippen LogP contribution in [0.5, 0.6) is 0 Å². The predicted octanol–water partition coefficient (Wildman–Crippen LogP) is 5.74. The Hall–Kier alpha value is 0.620. The van der Waals surface area contributed by atoms with Crippen LogP contribution in [0.15, 0.2) is 14.3 Å². The van der Waals surface area contributed by atoms with Gasteiger partial charge in [-0.1, -0.05) is 27.7 Å². The second-order valence-electron chi connectivity index (χ2n) is 5.98. The van der Waals surface area contributed by atoms with Crippen molar-refractivity contribution in [2.45, 2.75) is 46.6 Å². The van der Waals surface area contributed by atoms with Gasteiger partial charge < -0.3 is 5.73 Å². The molecule has 17 heavy (non-hydrogen) atoms. The molecule has 98 valence electrons. The molecule has 0 aromatic carbocycles. The van der Waals surface area contributed by atoms with Crippen LogP contribution in [0.4, 0.5) is 0 Å². The molecule has 1 rings (SSSR count). The lowest BCUT2D eigenvalue weighted by Crippen LogP contribution is -2.17. The zero-order valence-corrected chi connectivity index (χ0v) is 14.9. The average molecular weight is 383 g/mol. The summed E-state index contributed by atoms with van der Waals surface area (Å²) in [7, 11) is 0. The molecule has 4 heteroatoms. The highest BCUT2D eigenvalue weighted by Crippen LogP contribution is 2.37. The first kappa shape index (κ1) is 15.7. The van der Waals surface area contributed by atoms with Gasteiger partial charge in [0, 0.05) is 15.4 Å². The fourth-order valence-corrected chi connectivity index (χ4v) is 4.33. The second kappa shape index (κ2) is 6.18. The molecule has 0 aliphatic rings. The van der Waals surface area contributed by atoms with Gasteiger partial charge in [-0.15, -0.1) is 11.3 Å². The average Bonchev–Trinajstić information content (AvgIpc) is 2.43. The van der Waals surface area contributed by atoms with Gasteiger partial charge in [-0.2, -0.15) is 0 Å². The van der Waals surface area contributed by atoms with Gasteiger partial charge in [0.15, 0.2) is 0 Å². The quantitative estimate of drug-likeness (QED) is 0.706. The number of thiophene rings is 1. The first-order valence-corrected chi connectivity index (χ1v) is 8.29. The van der Waals surface area contributed by atoms with Crippen molar-refractivity contribution in [3.8, 4) is 0 Å². The molecular weight excluding hydrogens is 362 g/mol. The van der Waals surface area contributed by atoms with Crippen LogP contribution < -0.4 is 5.73 Å². The molecule has 0 aliphatic carbocycles. The fourth-order valence-electron chi connectivity index (χ4n) is 2.22. The van der Waals surface area contributed by atoms with Crippen molar-refractivity contribution >= 4 is 43.2 Å². The van der Waals surface area contributed by atoms with Crippen LogP contribution in [-0.2, 0) is 0 Å². The fraction of sp³-hybridized carbons (Fsp3) is 0.692. The van der Waals surface area contributed by atoms with Crippen LogP contribution >= 0.6 is 43.2 Å². The number of rotatable bonds is 4. The molecule has 0 radical (unpaired) electrons. The molecule has 2 N–H and O–H groups in total. The van der Waals surface area contributed by atoms with E-state index in [4.69, 9.17) is 5.73 Å². The molecule has 0 fully saturated rings. The van der Waals surface area contributed by atoms with E-state index >= 15 is 0 Å². The van der Waals surface area contributed by atoms with Crippen molar-refractivity contribution in [2.24, 2.45) is 17.1 Å². The zero-order valence-electron chi connectivity index (χ0n) is 10.9. The Labute approximate surface area is 125 Å². The summed E-state index contributed by atoms with van der Waals surface area (Å²) < 4.78 is 2.24. The van der Waals surface area contributed by atoms with Crippen molar-refractivity contribution in [1.82, 2.24) is 0 Å². The van der Waals surface area contributed by atoms with Crippen LogP contribution in [0.1, 0.15) is 51.5 Å². The summed E-state index contributed by atoms with van der Waals surface area (Å²) in [5.74, 6) is 0.657. The highest BCUT2D eigenvalue weighted by Gasteiger charge is 2.19. The lowest BCUT2D eigenvalue weighted by atomic mass is 9.83. The van der Waals surface area contributed by atoms with Crippen molar-refractivity contribution in [3.05, 3.63) is 19.2 Å². The van der Waals surface area contributed by atoms with E-state index in [1.165, 1.54) is 11.3 Å². The van der Waals surface area contributed by atoms with E-state index in [0.717, 1.165) is 14.7 Å². The minimum atomic E-state index is 0.153. The van der Waals surface area contributed by atoms with E-state index < -0.39 is 0 Å². The predicted molar refractivity (Wildman–Crippen MR) is 84.5 cm³/mol. The van der Waals surface area contributed by atoms with Crippen molar-refractivity contribution in [1.29, 1.82) is 0 Å². The summed E-state index contributed by atoms with van der Waals surface area (Å²) in [6.45, 7) is 9.15. The Bertz CT molecular complexity index is 348. The number of hydrogen-bond donors (Lipinski definition) is 1. The third kappa shape index (κ3) is 5.41. The van der Waals surface area contributed by atoms with E-state index in [1.807, 2.05) is 0 Å². The smallest absolute Gasteiger partial charge is 0.0843 e. The second-order valence-corrected chi connectivity index (χ2v) is 9.24. The molecular formula is C13H21Br2NS. The summed E-state index contributed by atoms with van der Waals surface area (Å²) in [4.78, 5) is 1.25. The Morgan fingerprint density at radius 1 is 1.35 bits per heavy atom. The molecule has 0 aliphatic heterocycles. The summed E-state index contributed by atoms with van der Waals surface area (Å²) in [5.41, 5.74) is 6.65. The van der Waals surface area contributed by atoms with Crippen LogP contribution in [-0.4, -0.2) is 0 Å². The molecule has 0 bridgehead atoms. The van der Waals surface area contributed by atoms with Gasteiger partial charge in [0.05, 0.1) is 3.79 Å². The SMILES string of the molecule is CC(CC(N)c1cc(Br)c(Br)s1)CC(C)(C)C. The Balaban J connectivity index is 2.57. The molecule has 0 amide bonds. The van der Waals surface area contributed by atoms with Gasteiger partial charge in [-0.25, -0.2) is 0 Å². The molecule has 1 nitrogen and oxygen atoms in total. The van der Waals surface area contributed by atoms with Crippen LogP contribution in [0, 0.1) is 11.3 Å². The zero-order chi connectivity index (χ0) is 13.2. The van der Waals surface area contributed by atoms with Crippen LogP contribution in [0.25, 0.3) is 0 Å². The van der Waals surface area contributed by atoms with E-state index in [2.05, 4.69) is 65.6 Å². The molecule has 2 unspecified atom stereocenters. The molecule has 1 aromatic rings. The Kier molecular flexibility index (Phi) is 5.70. The molecule has 0 saturated heterocycles. The number of hydrogen-bond acceptors (Lipinski definition) is 2. The largest absolute Gasteiger partial charge is 0.323 e. The maximum Gasteiger partial charge on any atom is 0.0843 e. The summed E-state index contributed by atoms with van der Waals surface area (Å²) in [6, 6.07) is 2.28. The third-order valence-electron chi connectivity index (χ3n) is 2.65. The van der Waals surface area contributed by atoms with E-state index in [1.54, 1.807) is 11.3 Å². The van der Waals surface area contributed by atoms with Crippen molar-refractivity contribution < 1.29 is 0 Å². The van der Waals surface area contributed by atoms with E-state index in [9.17, 15) is 0 Å². The van der Waals surface area contributed by atoms with Gasteiger partial charge in [-0.05, 0) is 62.1 Å². The highest BCUT2D eigenvalue weighted by atomic mass is 79.9. The lowest BCUT2D eigenvalue weighted by molar-refractivity contribution is 0.287. The molecule has 1 heterocycles. The number of nitrogens with two attached hydrogens (primary N) is 1. The van der Waals surface area contributed by atoms with Gasteiger partial charge in [0.25, 0.3) is 0 Å². The topological polar surface area (TPSA) is 26.0 Å². The molecule has 0 saturated carbocycles. The van der Waals surface area contributed by atoms with Crippen LogP contribution in [0.2, 0.25) is 0 Å². The van der Waals surface area contributed by atoms with Crippen molar-refractivity contribution in [3.63, 3.8) is 0 Å². The number of halogens is 2. The maximum absolute atomic E-state index is 6.27. The van der Waals surface area contributed by atoms with Gasteiger partial charge in [0.1, 0.15) is 0 Å². The summed E-state index contributed by atoms with van der Waals surface area (Å²) in [6.07, 6.45) is 2.27. The summed E-state index contributed by atoms with van der Waals surface area (Å²) in [5, 5.41) is 0. The first-order valence-electron chi connectivity index (χ1n) is 5.89. The Morgan fingerprint density at radius 3 is 2.35 bits per heavy atom. The minimum Gasteiger partial charge on any atom is -0.323 e. The normalized spacial score (nSPS) is 15.9. The van der Waals surface area contributed by atoms with Gasteiger partial charge >= 0.3 is 0 Å². The lowest BCUT2D eigenvalue weighted by Gasteiger charge is -2.24. The van der Waals surface area contributed by atoms with Crippen molar-refractivity contribution in [2.75, 3.05) is 0 Å². The molecule has 1 aromatic heterocycles. The Morgan fingerprint density at radius 2 is 1.94 bits per heavy atom. The van der Waals surface area contributed by atoms with E-state index in [0.29, 0.717) is 11.3 Å². The molecule has 2 atom stereocenters. The van der Waals surface area contributed by atoms with Gasteiger partial charge in [-0.3, -0.25) is 0 Å². The first-order chi connectivity index (χ1) is 7.69. The monoisotopic (exact) mass is 381 g/mol. The van der Waals surface area contributed by atoms with Crippen LogP contribution in [0.3, 0.4) is 0 Å². The maximum atomic E-state index is 6.27. The van der Waals surface area contributed by atoms with Gasteiger partial charge in [0.2, 0.25) is 0 Å². The molecule has 0 spiro atoms. The summed E-state index contributed by atoms with van der Waals surface area (Å²) >= 11 is 8.75. The standard InChI is InChI=1S/C13H21Br2NS/c1-8(7-13(2,3)4)5-10(16)11-6-9(14)12(15)17-11/h6,8,10H,5,7,16H2,1-4H3. The highest BCUT2D eigenvalue weighted by molar-refractivity contribution is 9.13. The third-order valence-corrected chi connectivity index (χ3v) is 6.03. The minimum absolute atomic E-state index is 0.153. The van der Waals surface area contributed by atoms with E-state index in [-0.39, 0.29) is 6.04 Å².